The first-order valence-corrected chi connectivity index (χ1v) is 7.73. The summed E-state index contributed by atoms with van der Waals surface area (Å²) in [4.78, 5) is 0. The molecule has 1 unspecified atom stereocenters. The first-order valence-electron chi connectivity index (χ1n) is 7.35. The molecule has 1 aromatic carbocycles. The average Bonchev–Trinajstić information content (AvgIpc) is 2.39. The Morgan fingerprint density at radius 3 is 2.80 bits per heavy atom. The smallest absolute Gasteiger partial charge is 0.141 e. The number of hydrogen-bond donors (Lipinski definition) is 1. The first kappa shape index (κ1) is 15.7. The molecule has 1 saturated carbocycles. The summed E-state index contributed by atoms with van der Waals surface area (Å²) in [5, 5.41) is 3.56. The largest absolute Gasteiger partial charge is 0.378 e. The molecule has 1 aromatic rings. The van der Waals surface area contributed by atoms with Gasteiger partial charge in [-0.05, 0) is 63.3 Å². The van der Waals surface area contributed by atoms with Crippen molar-refractivity contribution in [2.45, 2.75) is 44.8 Å². The fourth-order valence-electron chi connectivity index (χ4n) is 2.90. The van der Waals surface area contributed by atoms with Crippen LogP contribution in [0, 0.1) is 11.7 Å². The molecule has 0 aliphatic heterocycles. The van der Waals surface area contributed by atoms with Gasteiger partial charge < -0.3 is 10.1 Å². The van der Waals surface area contributed by atoms with E-state index in [4.69, 9.17) is 16.3 Å². The second-order valence-corrected chi connectivity index (χ2v) is 6.00. The van der Waals surface area contributed by atoms with Crippen LogP contribution in [0.3, 0.4) is 0 Å². The van der Waals surface area contributed by atoms with Gasteiger partial charge in [0.05, 0.1) is 11.1 Å². The Morgan fingerprint density at radius 1 is 1.45 bits per heavy atom. The van der Waals surface area contributed by atoms with E-state index in [0.29, 0.717) is 12.1 Å². The molecule has 0 saturated heterocycles. The first-order chi connectivity index (χ1) is 9.62. The van der Waals surface area contributed by atoms with Crippen molar-refractivity contribution in [1.29, 1.82) is 0 Å². The number of ether oxygens (including phenoxy) is 1. The maximum Gasteiger partial charge on any atom is 0.141 e. The van der Waals surface area contributed by atoms with Crippen LogP contribution >= 0.6 is 11.6 Å². The van der Waals surface area contributed by atoms with Gasteiger partial charge in [-0.25, -0.2) is 4.39 Å². The predicted molar refractivity (Wildman–Crippen MR) is 80.7 cm³/mol. The van der Waals surface area contributed by atoms with Crippen molar-refractivity contribution < 1.29 is 9.13 Å². The van der Waals surface area contributed by atoms with Crippen LogP contribution in [-0.4, -0.2) is 25.8 Å². The molecule has 0 bridgehead atoms. The molecular formula is C16H23ClFNO. The van der Waals surface area contributed by atoms with Gasteiger partial charge in [-0.2, -0.15) is 0 Å². The molecule has 0 aromatic heterocycles. The van der Waals surface area contributed by atoms with Crippen LogP contribution in [0.5, 0.6) is 0 Å². The number of nitrogens with one attached hydrogen (secondary N) is 1. The van der Waals surface area contributed by atoms with Crippen molar-refractivity contribution in [1.82, 2.24) is 5.32 Å². The van der Waals surface area contributed by atoms with Crippen LogP contribution in [0.4, 0.5) is 4.39 Å². The van der Waals surface area contributed by atoms with Gasteiger partial charge in [0.25, 0.3) is 0 Å². The highest BCUT2D eigenvalue weighted by Gasteiger charge is 2.31. The quantitative estimate of drug-likeness (QED) is 0.826. The predicted octanol–water partition coefficient (Wildman–Crippen LogP) is 3.81. The van der Waals surface area contributed by atoms with E-state index in [9.17, 15) is 4.39 Å². The highest BCUT2D eigenvalue weighted by Crippen LogP contribution is 2.34. The zero-order valence-corrected chi connectivity index (χ0v) is 12.9. The molecule has 112 valence electrons. The maximum absolute atomic E-state index is 13.1. The molecule has 0 spiro atoms. The number of benzene rings is 1. The summed E-state index contributed by atoms with van der Waals surface area (Å²) in [7, 11) is 1.98. The lowest BCUT2D eigenvalue weighted by Crippen LogP contribution is -2.38. The van der Waals surface area contributed by atoms with E-state index in [0.717, 1.165) is 43.8 Å². The van der Waals surface area contributed by atoms with Crippen LogP contribution < -0.4 is 5.32 Å². The van der Waals surface area contributed by atoms with Crippen LogP contribution in [0.1, 0.15) is 31.7 Å². The summed E-state index contributed by atoms with van der Waals surface area (Å²) in [5.74, 6) is 0.384. The third kappa shape index (κ3) is 4.18. The fourth-order valence-corrected chi connectivity index (χ4v) is 3.10. The summed E-state index contributed by atoms with van der Waals surface area (Å²) in [6.45, 7) is 2.85. The third-order valence-corrected chi connectivity index (χ3v) is 4.38. The number of likely N-dealkylation sites (N-methyl/N-ethyl adjacent to an activating group) is 1. The third-order valence-electron chi connectivity index (χ3n) is 4.09. The topological polar surface area (TPSA) is 21.3 Å². The van der Waals surface area contributed by atoms with Crippen molar-refractivity contribution in [2.24, 2.45) is 5.92 Å². The zero-order valence-electron chi connectivity index (χ0n) is 12.2. The lowest BCUT2D eigenvalue weighted by Gasteiger charge is -2.37. The lowest BCUT2D eigenvalue weighted by atomic mass is 9.77. The van der Waals surface area contributed by atoms with Gasteiger partial charge in [0.15, 0.2) is 0 Å². The van der Waals surface area contributed by atoms with Crippen LogP contribution in [0.25, 0.3) is 0 Å². The second-order valence-electron chi connectivity index (χ2n) is 5.59. The molecule has 1 atom stereocenters. The molecule has 4 heteroatoms. The Labute approximate surface area is 125 Å². The van der Waals surface area contributed by atoms with Crippen molar-refractivity contribution in [3.63, 3.8) is 0 Å². The second kappa shape index (κ2) is 7.39. The molecule has 1 aliphatic carbocycles. The van der Waals surface area contributed by atoms with Gasteiger partial charge in [-0.15, -0.1) is 0 Å². The van der Waals surface area contributed by atoms with Crippen LogP contribution in [0.2, 0.25) is 5.02 Å². The summed E-state index contributed by atoms with van der Waals surface area (Å²) in [6, 6.07) is 5.39. The van der Waals surface area contributed by atoms with E-state index in [1.54, 1.807) is 6.07 Å². The molecule has 0 heterocycles. The Kier molecular flexibility index (Phi) is 5.82. The molecule has 0 radical (unpaired) electrons. The standard InChI is InChI=1S/C16H23ClFNO/c1-3-20-14-8-12(9-14)7-13(19-2)6-11-4-5-16(18)15(17)10-11/h4-5,10,12-14,19H,3,6-9H2,1-2H3. The maximum atomic E-state index is 13.1. The van der Waals surface area contributed by atoms with Crippen molar-refractivity contribution in [2.75, 3.05) is 13.7 Å². The summed E-state index contributed by atoms with van der Waals surface area (Å²) in [6.07, 6.45) is 4.80. The minimum absolute atomic E-state index is 0.206. The van der Waals surface area contributed by atoms with E-state index in [2.05, 4.69) is 5.32 Å². The molecular weight excluding hydrogens is 277 g/mol. The minimum Gasteiger partial charge on any atom is -0.378 e. The Morgan fingerprint density at radius 2 is 2.20 bits per heavy atom. The Bertz CT molecular complexity index is 434. The van der Waals surface area contributed by atoms with E-state index in [1.165, 1.54) is 6.07 Å². The van der Waals surface area contributed by atoms with Gasteiger partial charge in [0, 0.05) is 12.6 Å². The normalized spacial score (nSPS) is 23.4. The van der Waals surface area contributed by atoms with Crippen LogP contribution in [0.15, 0.2) is 18.2 Å². The van der Waals surface area contributed by atoms with E-state index < -0.39 is 0 Å². The van der Waals surface area contributed by atoms with Crippen molar-refractivity contribution in [3.05, 3.63) is 34.6 Å². The summed E-state index contributed by atoms with van der Waals surface area (Å²) in [5.41, 5.74) is 1.08. The summed E-state index contributed by atoms with van der Waals surface area (Å²) < 4.78 is 18.7. The van der Waals surface area contributed by atoms with Gasteiger partial charge in [-0.3, -0.25) is 0 Å². The van der Waals surface area contributed by atoms with E-state index in [-0.39, 0.29) is 10.8 Å². The Hall–Kier alpha value is -0.640. The number of rotatable bonds is 7. The summed E-state index contributed by atoms with van der Waals surface area (Å²) >= 11 is 5.83. The van der Waals surface area contributed by atoms with Crippen molar-refractivity contribution >= 4 is 11.6 Å². The van der Waals surface area contributed by atoms with Gasteiger partial charge in [-0.1, -0.05) is 17.7 Å². The molecule has 0 amide bonds. The number of halogens is 2. The number of hydrogen-bond acceptors (Lipinski definition) is 2. The van der Waals surface area contributed by atoms with Crippen LogP contribution in [-0.2, 0) is 11.2 Å². The highest BCUT2D eigenvalue weighted by atomic mass is 35.5. The highest BCUT2D eigenvalue weighted by molar-refractivity contribution is 6.30. The Balaban J connectivity index is 1.82. The molecule has 2 nitrogen and oxygen atoms in total. The average molecular weight is 300 g/mol. The molecule has 2 rings (SSSR count). The fraction of sp³-hybridized carbons (Fsp3) is 0.625. The molecule has 1 N–H and O–H groups in total. The molecule has 20 heavy (non-hydrogen) atoms. The zero-order chi connectivity index (χ0) is 14.5. The van der Waals surface area contributed by atoms with E-state index >= 15 is 0 Å². The SMILES string of the molecule is CCOC1CC(CC(Cc2ccc(F)c(Cl)c2)NC)C1. The minimum atomic E-state index is -0.352. The van der Waals surface area contributed by atoms with E-state index in [1.807, 2.05) is 20.0 Å². The van der Waals surface area contributed by atoms with Gasteiger partial charge in [0.2, 0.25) is 0 Å². The molecule has 1 aliphatic rings. The van der Waals surface area contributed by atoms with Gasteiger partial charge >= 0.3 is 0 Å². The van der Waals surface area contributed by atoms with Crippen molar-refractivity contribution in [3.8, 4) is 0 Å². The molecule has 1 fully saturated rings. The lowest BCUT2D eigenvalue weighted by molar-refractivity contribution is -0.0288. The van der Waals surface area contributed by atoms with Gasteiger partial charge in [0.1, 0.15) is 5.82 Å². The monoisotopic (exact) mass is 299 g/mol.